The highest BCUT2D eigenvalue weighted by Crippen LogP contribution is 2.19. The molecule has 0 aromatic heterocycles. The number of halogens is 1. The van der Waals surface area contributed by atoms with E-state index in [-0.39, 0.29) is 0 Å². The smallest absolute Gasteiger partial charge is 0.0230 e. The van der Waals surface area contributed by atoms with Gasteiger partial charge in [-0.1, -0.05) is 35.0 Å². The third-order valence-electron chi connectivity index (χ3n) is 3.32. The second kappa shape index (κ2) is 6.69. The van der Waals surface area contributed by atoms with Crippen molar-refractivity contribution in [2.24, 2.45) is 5.92 Å². The van der Waals surface area contributed by atoms with E-state index in [1.807, 2.05) is 0 Å². The van der Waals surface area contributed by atoms with Gasteiger partial charge in [-0.3, -0.25) is 0 Å². The lowest BCUT2D eigenvalue weighted by molar-refractivity contribution is 0.273. The minimum Gasteiger partial charge on any atom is -0.314 e. The number of rotatable bonds is 7. The molecule has 1 aromatic rings. The summed E-state index contributed by atoms with van der Waals surface area (Å²) in [7, 11) is 2.20. The number of hydrogen-bond acceptors (Lipinski definition) is 2. The molecule has 0 heterocycles. The van der Waals surface area contributed by atoms with Crippen molar-refractivity contribution in [1.82, 2.24) is 10.2 Å². The van der Waals surface area contributed by atoms with Gasteiger partial charge in [0, 0.05) is 23.6 Å². The van der Waals surface area contributed by atoms with E-state index in [1.54, 1.807) is 0 Å². The SMILES string of the molecule is CC(CNC1CC1)CN(C)Cc1ccc(Br)cc1. The molecule has 1 N–H and O–H groups in total. The molecule has 1 fully saturated rings. The predicted octanol–water partition coefficient (Wildman–Crippen LogP) is 3.27. The first-order valence-electron chi connectivity index (χ1n) is 6.80. The molecule has 100 valence electrons. The highest BCUT2D eigenvalue weighted by Gasteiger charge is 2.21. The van der Waals surface area contributed by atoms with Crippen LogP contribution in [0.15, 0.2) is 28.7 Å². The lowest BCUT2D eigenvalue weighted by Crippen LogP contribution is -2.31. The summed E-state index contributed by atoms with van der Waals surface area (Å²) in [4.78, 5) is 2.41. The zero-order chi connectivity index (χ0) is 13.0. The molecular weight excluding hydrogens is 288 g/mol. The molecule has 0 amide bonds. The Morgan fingerprint density at radius 3 is 2.61 bits per heavy atom. The van der Waals surface area contributed by atoms with Crippen molar-refractivity contribution in [3.63, 3.8) is 0 Å². The first-order chi connectivity index (χ1) is 8.63. The van der Waals surface area contributed by atoms with E-state index in [1.165, 1.54) is 18.4 Å². The molecule has 1 aliphatic carbocycles. The van der Waals surface area contributed by atoms with E-state index in [0.717, 1.165) is 30.1 Å². The van der Waals surface area contributed by atoms with Gasteiger partial charge >= 0.3 is 0 Å². The third-order valence-corrected chi connectivity index (χ3v) is 3.85. The van der Waals surface area contributed by atoms with Crippen LogP contribution in [0.25, 0.3) is 0 Å². The summed E-state index contributed by atoms with van der Waals surface area (Å²) in [5, 5.41) is 3.60. The molecule has 1 atom stereocenters. The maximum absolute atomic E-state index is 3.60. The molecule has 1 aliphatic rings. The lowest BCUT2D eigenvalue weighted by atomic mass is 10.1. The Morgan fingerprint density at radius 1 is 1.33 bits per heavy atom. The summed E-state index contributed by atoms with van der Waals surface area (Å²) in [6, 6.07) is 9.42. The number of nitrogens with one attached hydrogen (secondary N) is 1. The Hall–Kier alpha value is -0.380. The van der Waals surface area contributed by atoms with Gasteiger partial charge in [0.05, 0.1) is 0 Å². The Kier molecular flexibility index (Phi) is 5.22. The molecule has 0 radical (unpaired) electrons. The first kappa shape index (κ1) is 14.0. The molecule has 1 aromatic carbocycles. The highest BCUT2D eigenvalue weighted by atomic mass is 79.9. The molecule has 18 heavy (non-hydrogen) atoms. The largest absolute Gasteiger partial charge is 0.314 e. The minimum absolute atomic E-state index is 0.714. The van der Waals surface area contributed by atoms with Crippen LogP contribution in [0.2, 0.25) is 0 Å². The maximum Gasteiger partial charge on any atom is 0.0230 e. The third kappa shape index (κ3) is 5.09. The Labute approximate surface area is 119 Å². The molecule has 2 nitrogen and oxygen atoms in total. The fourth-order valence-corrected chi connectivity index (χ4v) is 2.48. The van der Waals surface area contributed by atoms with E-state index in [9.17, 15) is 0 Å². The van der Waals surface area contributed by atoms with Crippen LogP contribution < -0.4 is 5.32 Å². The standard InChI is InChI=1S/C15H23BrN2/c1-12(9-17-15-7-8-15)10-18(2)11-13-3-5-14(16)6-4-13/h3-6,12,15,17H,7-11H2,1-2H3. The van der Waals surface area contributed by atoms with Crippen LogP contribution in [0, 0.1) is 5.92 Å². The molecule has 1 saturated carbocycles. The van der Waals surface area contributed by atoms with Gasteiger partial charge < -0.3 is 10.2 Å². The predicted molar refractivity (Wildman–Crippen MR) is 80.7 cm³/mol. The van der Waals surface area contributed by atoms with E-state index in [4.69, 9.17) is 0 Å². The fourth-order valence-electron chi connectivity index (χ4n) is 2.22. The quantitative estimate of drug-likeness (QED) is 0.831. The van der Waals surface area contributed by atoms with E-state index in [2.05, 4.69) is 64.4 Å². The summed E-state index contributed by atoms with van der Waals surface area (Å²) >= 11 is 3.47. The van der Waals surface area contributed by atoms with Gasteiger partial charge in [-0.15, -0.1) is 0 Å². The summed E-state index contributed by atoms with van der Waals surface area (Å²) in [6.07, 6.45) is 2.75. The van der Waals surface area contributed by atoms with Crippen molar-refractivity contribution in [1.29, 1.82) is 0 Å². The van der Waals surface area contributed by atoms with Gasteiger partial charge in [-0.05, 0) is 50.0 Å². The van der Waals surface area contributed by atoms with Crippen molar-refractivity contribution < 1.29 is 0 Å². The monoisotopic (exact) mass is 310 g/mol. The molecule has 0 saturated heterocycles. The van der Waals surface area contributed by atoms with Crippen LogP contribution in [0.3, 0.4) is 0 Å². The summed E-state index contributed by atoms with van der Waals surface area (Å²) in [6.45, 7) is 5.65. The summed E-state index contributed by atoms with van der Waals surface area (Å²) in [5.41, 5.74) is 1.38. The topological polar surface area (TPSA) is 15.3 Å². The Morgan fingerprint density at radius 2 is 2.00 bits per heavy atom. The molecule has 1 unspecified atom stereocenters. The van der Waals surface area contributed by atoms with Crippen LogP contribution in [0.5, 0.6) is 0 Å². The van der Waals surface area contributed by atoms with Crippen LogP contribution in [0.4, 0.5) is 0 Å². The van der Waals surface area contributed by atoms with Gasteiger partial charge in [0.15, 0.2) is 0 Å². The Bertz CT molecular complexity index is 359. The zero-order valence-electron chi connectivity index (χ0n) is 11.3. The summed E-state index contributed by atoms with van der Waals surface area (Å²) in [5.74, 6) is 0.714. The van der Waals surface area contributed by atoms with Crippen LogP contribution >= 0.6 is 15.9 Å². The van der Waals surface area contributed by atoms with Gasteiger partial charge in [-0.25, -0.2) is 0 Å². The number of nitrogens with zero attached hydrogens (tertiary/aromatic N) is 1. The van der Waals surface area contributed by atoms with E-state index < -0.39 is 0 Å². The van der Waals surface area contributed by atoms with Gasteiger partial charge in [0.25, 0.3) is 0 Å². The van der Waals surface area contributed by atoms with Gasteiger partial charge in [0.2, 0.25) is 0 Å². The van der Waals surface area contributed by atoms with Crippen LogP contribution in [-0.2, 0) is 6.54 Å². The maximum atomic E-state index is 3.60. The second-order valence-corrected chi connectivity index (χ2v) is 6.53. The Balaban J connectivity index is 1.69. The first-order valence-corrected chi connectivity index (χ1v) is 7.59. The fraction of sp³-hybridized carbons (Fsp3) is 0.600. The van der Waals surface area contributed by atoms with Crippen molar-refractivity contribution in [3.8, 4) is 0 Å². The molecule has 3 heteroatoms. The molecule has 0 spiro atoms. The molecular formula is C15H23BrN2. The minimum atomic E-state index is 0.714. The van der Waals surface area contributed by atoms with Crippen LogP contribution in [0.1, 0.15) is 25.3 Å². The summed E-state index contributed by atoms with van der Waals surface area (Å²) < 4.78 is 1.15. The normalized spacial score (nSPS) is 17.1. The molecule has 0 aliphatic heterocycles. The van der Waals surface area contributed by atoms with Gasteiger partial charge in [0.1, 0.15) is 0 Å². The zero-order valence-corrected chi connectivity index (χ0v) is 12.9. The van der Waals surface area contributed by atoms with Crippen molar-refractivity contribution in [2.75, 3.05) is 20.1 Å². The molecule has 2 rings (SSSR count). The average molecular weight is 311 g/mol. The van der Waals surface area contributed by atoms with Crippen molar-refractivity contribution in [2.45, 2.75) is 32.4 Å². The van der Waals surface area contributed by atoms with Crippen molar-refractivity contribution in [3.05, 3.63) is 34.3 Å². The van der Waals surface area contributed by atoms with Crippen LogP contribution in [-0.4, -0.2) is 31.1 Å². The second-order valence-electron chi connectivity index (χ2n) is 5.61. The van der Waals surface area contributed by atoms with Gasteiger partial charge in [-0.2, -0.15) is 0 Å². The highest BCUT2D eigenvalue weighted by molar-refractivity contribution is 9.10. The molecule has 0 bridgehead atoms. The van der Waals surface area contributed by atoms with Crippen molar-refractivity contribution >= 4 is 15.9 Å². The number of hydrogen-bond donors (Lipinski definition) is 1. The van der Waals surface area contributed by atoms with E-state index >= 15 is 0 Å². The number of benzene rings is 1. The van der Waals surface area contributed by atoms with E-state index in [0.29, 0.717) is 5.92 Å². The lowest BCUT2D eigenvalue weighted by Gasteiger charge is -2.21. The average Bonchev–Trinajstić information content (AvgIpc) is 3.13.